The average Bonchev–Trinajstić information content (AvgIpc) is 3.25. The van der Waals surface area contributed by atoms with Crippen LogP contribution >= 0.6 is 11.3 Å². The number of para-hydroxylation sites is 1. The van der Waals surface area contributed by atoms with Crippen LogP contribution in [0, 0.1) is 6.92 Å². The summed E-state index contributed by atoms with van der Waals surface area (Å²) in [6.45, 7) is 3.29. The highest BCUT2D eigenvalue weighted by atomic mass is 32.1. The molecule has 0 atom stereocenters. The molecule has 1 aromatic carbocycles. The Balaban J connectivity index is 1.41. The van der Waals surface area contributed by atoms with E-state index in [2.05, 4.69) is 0 Å². The summed E-state index contributed by atoms with van der Waals surface area (Å²) < 4.78 is 0. The second-order valence-corrected chi connectivity index (χ2v) is 7.90. The van der Waals surface area contributed by atoms with E-state index < -0.39 is 0 Å². The zero-order valence-electron chi connectivity index (χ0n) is 15.1. The number of amides is 4. The lowest BCUT2D eigenvalue weighted by Gasteiger charge is -2.36. The first-order valence-electron chi connectivity index (χ1n) is 9.07. The number of anilines is 1. The molecule has 2 aliphatic rings. The molecule has 140 valence electrons. The second kappa shape index (κ2) is 7.15. The van der Waals surface area contributed by atoms with Gasteiger partial charge < -0.3 is 9.80 Å². The molecule has 0 spiro atoms. The van der Waals surface area contributed by atoms with E-state index in [0.29, 0.717) is 31.6 Å². The van der Waals surface area contributed by atoms with Crippen LogP contribution in [0.2, 0.25) is 0 Å². The van der Waals surface area contributed by atoms with Gasteiger partial charge in [-0.05, 0) is 48.9 Å². The van der Waals surface area contributed by atoms with E-state index in [1.54, 1.807) is 17.0 Å². The van der Waals surface area contributed by atoms with Gasteiger partial charge in [-0.25, -0.2) is 9.69 Å². The standard InChI is InChI=1S/C20H21N3O3S/c1-14-11-17(27-13-14)19(25)21-9-7-15(8-10-21)22-12-18(24)23(20(22)26)16-5-3-2-4-6-16/h2-6,11,13,15H,7-10,12H2,1H3. The maximum absolute atomic E-state index is 12.8. The van der Waals surface area contributed by atoms with Crippen molar-refractivity contribution < 1.29 is 14.4 Å². The summed E-state index contributed by atoms with van der Waals surface area (Å²) in [5, 5.41) is 1.98. The molecule has 6 nitrogen and oxygen atoms in total. The summed E-state index contributed by atoms with van der Waals surface area (Å²) in [7, 11) is 0. The lowest BCUT2D eigenvalue weighted by atomic mass is 10.0. The molecular formula is C20H21N3O3S. The summed E-state index contributed by atoms with van der Waals surface area (Å²) in [5.74, 6) is -0.139. The lowest BCUT2D eigenvalue weighted by Crippen LogP contribution is -2.48. The molecule has 3 heterocycles. The molecule has 0 bridgehead atoms. The van der Waals surface area contributed by atoms with Crippen LogP contribution in [0.1, 0.15) is 28.1 Å². The maximum atomic E-state index is 12.8. The highest BCUT2D eigenvalue weighted by Gasteiger charge is 2.41. The number of benzene rings is 1. The summed E-state index contributed by atoms with van der Waals surface area (Å²) >= 11 is 1.47. The van der Waals surface area contributed by atoms with Crippen molar-refractivity contribution in [1.29, 1.82) is 0 Å². The minimum absolute atomic E-state index is 0.00992. The predicted molar refractivity (Wildman–Crippen MR) is 104 cm³/mol. The number of nitrogens with zero attached hydrogens (tertiary/aromatic N) is 3. The number of hydrogen-bond acceptors (Lipinski definition) is 4. The third-order valence-electron chi connectivity index (χ3n) is 5.14. The van der Waals surface area contributed by atoms with Crippen LogP contribution in [0.5, 0.6) is 0 Å². The average molecular weight is 383 g/mol. The van der Waals surface area contributed by atoms with Gasteiger partial charge in [-0.3, -0.25) is 9.59 Å². The Labute approximate surface area is 162 Å². The third-order valence-corrected chi connectivity index (χ3v) is 6.18. The molecule has 0 aliphatic carbocycles. The van der Waals surface area contributed by atoms with Gasteiger partial charge in [0.1, 0.15) is 6.54 Å². The Morgan fingerprint density at radius 3 is 2.44 bits per heavy atom. The van der Waals surface area contributed by atoms with Gasteiger partial charge in [0.15, 0.2) is 0 Å². The fourth-order valence-corrected chi connectivity index (χ4v) is 4.58. The molecule has 2 aliphatic heterocycles. The number of rotatable bonds is 3. The number of imide groups is 1. The van der Waals surface area contributed by atoms with Crippen molar-refractivity contribution in [3.05, 3.63) is 52.2 Å². The van der Waals surface area contributed by atoms with Gasteiger partial charge >= 0.3 is 6.03 Å². The Morgan fingerprint density at radius 2 is 1.81 bits per heavy atom. The van der Waals surface area contributed by atoms with Gasteiger partial charge in [0.25, 0.3) is 11.8 Å². The highest BCUT2D eigenvalue weighted by molar-refractivity contribution is 7.12. The van der Waals surface area contributed by atoms with E-state index in [9.17, 15) is 14.4 Å². The fourth-order valence-electron chi connectivity index (χ4n) is 3.72. The minimum atomic E-state index is -0.259. The van der Waals surface area contributed by atoms with Gasteiger partial charge in [0, 0.05) is 19.1 Å². The number of thiophene rings is 1. The van der Waals surface area contributed by atoms with Crippen LogP contribution in [-0.4, -0.2) is 53.3 Å². The Morgan fingerprint density at radius 1 is 1.11 bits per heavy atom. The molecule has 2 fully saturated rings. The van der Waals surface area contributed by atoms with Crippen LogP contribution in [0.3, 0.4) is 0 Å². The van der Waals surface area contributed by atoms with Crippen LogP contribution in [0.15, 0.2) is 41.8 Å². The van der Waals surface area contributed by atoms with E-state index in [1.165, 1.54) is 16.2 Å². The first-order chi connectivity index (χ1) is 13.0. The van der Waals surface area contributed by atoms with E-state index >= 15 is 0 Å². The zero-order valence-corrected chi connectivity index (χ0v) is 15.9. The summed E-state index contributed by atoms with van der Waals surface area (Å²) in [6, 6.07) is 10.7. The monoisotopic (exact) mass is 383 g/mol. The summed E-state index contributed by atoms with van der Waals surface area (Å²) in [4.78, 5) is 43.3. The number of urea groups is 1. The van der Waals surface area contributed by atoms with Gasteiger partial charge in [-0.15, -0.1) is 11.3 Å². The van der Waals surface area contributed by atoms with Crippen LogP contribution in [0.4, 0.5) is 10.5 Å². The largest absolute Gasteiger partial charge is 0.338 e. The Bertz CT molecular complexity index is 872. The van der Waals surface area contributed by atoms with Crippen molar-refractivity contribution in [2.45, 2.75) is 25.8 Å². The number of hydrogen-bond donors (Lipinski definition) is 0. The van der Waals surface area contributed by atoms with Crippen molar-refractivity contribution >= 4 is 34.9 Å². The Hall–Kier alpha value is -2.67. The van der Waals surface area contributed by atoms with Gasteiger partial charge in [-0.1, -0.05) is 18.2 Å². The van der Waals surface area contributed by atoms with Crippen molar-refractivity contribution in [2.24, 2.45) is 0 Å². The second-order valence-electron chi connectivity index (χ2n) is 6.99. The molecule has 1 aromatic heterocycles. The van der Waals surface area contributed by atoms with Crippen molar-refractivity contribution in [3.8, 4) is 0 Å². The minimum Gasteiger partial charge on any atom is -0.338 e. The quantitative estimate of drug-likeness (QED) is 0.765. The molecule has 4 rings (SSSR count). The highest BCUT2D eigenvalue weighted by Crippen LogP contribution is 2.27. The number of aryl methyl sites for hydroxylation is 1. The molecule has 0 saturated carbocycles. The first kappa shape index (κ1) is 17.7. The zero-order chi connectivity index (χ0) is 19.0. The number of likely N-dealkylation sites (tertiary alicyclic amines) is 1. The smallest absolute Gasteiger partial charge is 0.332 e. The van der Waals surface area contributed by atoms with E-state index in [-0.39, 0.29) is 30.4 Å². The molecular weight excluding hydrogens is 362 g/mol. The molecule has 0 unspecified atom stereocenters. The van der Waals surface area contributed by atoms with Crippen LogP contribution in [-0.2, 0) is 4.79 Å². The van der Waals surface area contributed by atoms with Gasteiger partial charge in [0.2, 0.25) is 0 Å². The van der Waals surface area contributed by atoms with E-state index in [1.807, 2.05) is 41.5 Å². The maximum Gasteiger partial charge on any atom is 0.332 e. The van der Waals surface area contributed by atoms with Crippen molar-refractivity contribution in [2.75, 3.05) is 24.5 Å². The van der Waals surface area contributed by atoms with E-state index in [0.717, 1.165) is 10.4 Å². The Kier molecular flexibility index (Phi) is 4.70. The van der Waals surface area contributed by atoms with Crippen LogP contribution < -0.4 is 4.90 Å². The molecule has 4 amide bonds. The fraction of sp³-hybridized carbons (Fsp3) is 0.350. The lowest BCUT2D eigenvalue weighted by molar-refractivity contribution is -0.116. The molecule has 2 aromatic rings. The van der Waals surface area contributed by atoms with Crippen LogP contribution in [0.25, 0.3) is 0 Å². The first-order valence-corrected chi connectivity index (χ1v) is 9.95. The molecule has 0 radical (unpaired) electrons. The van der Waals surface area contributed by atoms with Gasteiger partial charge in [0.05, 0.1) is 10.6 Å². The van der Waals surface area contributed by atoms with Gasteiger partial charge in [-0.2, -0.15) is 0 Å². The molecule has 0 N–H and O–H groups in total. The SMILES string of the molecule is Cc1csc(C(=O)N2CCC(N3CC(=O)N(c4ccccc4)C3=O)CC2)c1. The van der Waals surface area contributed by atoms with Crippen molar-refractivity contribution in [3.63, 3.8) is 0 Å². The molecule has 2 saturated heterocycles. The summed E-state index contributed by atoms with van der Waals surface area (Å²) in [6.07, 6.45) is 1.38. The molecule has 27 heavy (non-hydrogen) atoms. The predicted octanol–water partition coefficient (Wildman–Crippen LogP) is 3.13. The molecule has 7 heteroatoms. The van der Waals surface area contributed by atoms with E-state index in [4.69, 9.17) is 0 Å². The number of piperidine rings is 1. The topological polar surface area (TPSA) is 60.9 Å². The summed E-state index contributed by atoms with van der Waals surface area (Å²) in [5.41, 5.74) is 1.70. The third kappa shape index (κ3) is 3.35. The number of carbonyl (C=O) groups is 3. The number of carbonyl (C=O) groups excluding carboxylic acids is 3. The normalized spacial score (nSPS) is 18.5. The van der Waals surface area contributed by atoms with Crippen molar-refractivity contribution in [1.82, 2.24) is 9.80 Å².